The third-order valence-electron chi connectivity index (χ3n) is 3.95. The van der Waals surface area contributed by atoms with E-state index in [2.05, 4.69) is 20.3 Å². The monoisotopic (exact) mass is 497 g/mol. The van der Waals surface area contributed by atoms with Gasteiger partial charge < -0.3 is 9.47 Å². The smallest absolute Gasteiger partial charge is 0.335 e. The van der Waals surface area contributed by atoms with Gasteiger partial charge in [0.25, 0.3) is 10.0 Å². The van der Waals surface area contributed by atoms with Gasteiger partial charge in [0.2, 0.25) is 11.9 Å². The lowest BCUT2D eigenvalue weighted by Gasteiger charge is -2.15. The molecule has 14 heteroatoms. The summed E-state index contributed by atoms with van der Waals surface area (Å²) in [6.07, 6.45) is 1.62. The molecule has 1 heterocycles. The predicted octanol–water partition coefficient (Wildman–Crippen LogP) is 1.62. The summed E-state index contributed by atoms with van der Waals surface area (Å²) in [5.41, 5.74) is 0.441. The molecule has 12 nitrogen and oxygen atoms in total. The number of aromatic nitrogens is 3. The molecule has 0 saturated carbocycles. The highest BCUT2D eigenvalue weighted by molar-refractivity contribution is 7.98. The summed E-state index contributed by atoms with van der Waals surface area (Å²) in [7, 11) is -4.18. The van der Waals surface area contributed by atoms with Crippen molar-refractivity contribution in [1.29, 1.82) is 0 Å². The molecule has 2 aromatic rings. The van der Waals surface area contributed by atoms with Crippen LogP contribution in [-0.4, -0.2) is 60.8 Å². The molecule has 0 saturated heterocycles. The highest BCUT2D eigenvalue weighted by Gasteiger charge is 2.35. The van der Waals surface area contributed by atoms with E-state index < -0.39 is 33.9 Å². The number of sulfonamides is 1. The molecule has 0 fully saturated rings. The van der Waals surface area contributed by atoms with Crippen LogP contribution in [0.25, 0.3) is 0 Å². The van der Waals surface area contributed by atoms with Gasteiger partial charge in [-0.2, -0.15) is 9.97 Å². The van der Waals surface area contributed by atoms with Gasteiger partial charge in [-0.3, -0.25) is 14.9 Å². The number of ether oxygens (including phenoxy) is 2. The Morgan fingerprint density at radius 3 is 2.18 bits per heavy atom. The number of hydrogen-bond donors (Lipinski definition) is 2. The van der Waals surface area contributed by atoms with Crippen LogP contribution in [0.2, 0.25) is 0 Å². The average molecular weight is 498 g/mol. The first kappa shape index (κ1) is 26.0. The van der Waals surface area contributed by atoms with Gasteiger partial charge in [0.15, 0.2) is 11.0 Å². The van der Waals surface area contributed by atoms with Crippen LogP contribution >= 0.6 is 11.8 Å². The second kappa shape index (κ2) is 11.6. The van der Waals surface area contributed by atoms with Crippen LogP contribution in [0.1, 0.15) is 31.2 Å². The number of urea groups is 1. The molecule has 0 aliphatic rings. The molecule has 178 valence electrons. The quantitative estimate of drug-likeness (QED) is 0.293. The maximum atomic E-state index is 12.5. The lowest BCUT2D eigenvalue weighted by atomic mass is 10.1. The number of amides is 2. The fourth-order valence-corrected chi connectivity index (χ4v) is 4.09. The number of rotatable bonds is 9. The molecule has 2 N–H and O–H groups in total. The molecule has 2 rings (SSSR count). The van der Waals surface area contributed by atoms with Crippen molar-refractivity contribution in [3.05, 3.63) is 35.7 Å². The van der Waals surface area contributed by atoms with Crippen LogP contribution in [-0.2, 0) is 29.1 Å². The number of anilines is 1. The van der Waals surface area contributed by atoms with E-state index in [-0.39, 0.29) is 35.0 Å². The number of esters is 2. The second-order valence-corrected chi connectivity index (χ2v) is 8.69. The van der Waals surface area contributed by atoms with Crippen LogP contribution in [0.15, 0.2) is 34.3 Å². The maximum absolute atomic E-state index is 12.5. The van der Waals surface area contributed by atoms with E-state index >= 15 is 0 Å². The Morgan fingerprint density at radius 1 is 1.03 bits per heavy atom. The second-order valence-electron chi connectivity index (χ2n) is 6.27. The third kappa shape index (κ3) is 6.86. The van der Waals surface area contributed by atoms with E-state index in [0.717, 1.165) is 11.8 Å². The number of nitrogens with zero attached hydrogens (tertiary/aromatic N) is 3. The van der Waals surface area contributed by atoms with Crippen molar-refractivity contribution in [2.24, 2.45) is 0 Å². The standard InChI is InChI=1S/C19H23N5O7S2/c1-5-30-15(25)13(16(26)31-6-2)14-20-17(23-19(21-14)32-4)22-18(27)24-33(28,29)12-10-8-7-9-11(12)3/h7-10,13H,5-6H2,1-4H3,(H2,20,21,22,23,24,27). The molecule has 1 aromatic heterocycles. The minimum absolute atomic E-state index is 0.000514. The molecule has 0 spiro atoms. The van der Waals surface area contributed by atoms with E-state index in [1.54, 1.807) is 39.2 Å². The summed E-state index contributed by atoms with van der Waals surface area (Å²) in [4.78, 5) is 49.0. The fourth-order valence-electron chi connectivity index (χ4n) is 2.57. The Labute approximate surface area is 194 Å². The first-order valence-corrected chi connectivity index (χ1v) is 12.4. The zero-order chi connectivity index (χ0) is 24.6. The van der Waals surface area contributed by atoms with Gasteiger partial charge in [-0.25, -0.2) is 22.9 Å². The largest absolute Gasteiger partial charge is 0.465 e. The van der Waals surface area contributed by atoms with Crippen LogP contribution in [0, 0.1) is 6.92 Å². The molecule has 2 amide bonds. The van der Waals surface area contributed by atoms with Gasteiger partial charge in [0, 0.05) is 0 Å². The minimum Gasteiger partial charge on any atom is -0.465 e. The summed E-state index contributed by atoms with van der Waals surface area (Å²) >= 11 is 1.05. The summed E-state index contributed by atoms with van der Waals surface area (Å²) in [5.74, 6) is -4.18. The normalized spacial score (nSPS) is 11.1. The van der Waals surface area contributed by atoms with Gasteiger partial charge in [-0.15, -0.1) is 0 Å². The third-order valence-corrected chi connectivity index (χ3v) is 5.99. The van der Waals surface area contributed by atoms with E-state index in [0.29, 0.717) is 5.56 Å². The summed E-state index contributed by atoms with van der Waals surface area (Å²) in [6, 6.07) is 4.97. The topological polar surface area (TPSA) is 167 Å². The van der Waals surface area contributed by atoms with Crippen molar-refractivity contribution in [2.45, 2.75) is 36.7 Å². The first-order valence-electron chi connectivity index (χ1n) is 9.65. The Balaban J connectivity index is 2.34. The number of carbonyl (C=O) groups is 3. The van der Waals surface area contributed by atoms with E-state index in [4.69, 9.17) is 9.47 Å². The van der Waals surface area contributed by atoms with Gasteiger partial charge in [-0.1, -0.05) is 30.0 Å². The van der Waals surface area contributed by atoms with Crippen molar-refractivity contribution in [1.82, 2.24) is 19.7 Å². The Kier molecular flexibility index (Phi) is 9.11. The Morgan fingerprint density at radius 2 is 1.64 bits per heavy atom. The number of aryl methyl sites for hydroxylation is 1. The van der Waals surface area contributed by atoms with Crippen molar-refractivity contribution < 1.29 is 32.3 Å². The first-order chi connectivity index (χ1) is 15.6. The van der Waals surface area contributed by atoms with E-state index in [1.165, 1.54) is 12.1 Å². The summed E-state index contributed by atoms with van der Waals surface area (Å²) in [6.45, 7) is 4.71. The van der Waals surface area contributed by atoms with Crippen molar-refractivity contribution in [3.8, 4) is 0 Å². The van der Waals surface area contributed by atoms with Crippen molar-refractivity contribution in [3.63, 3.8) is 0 Å². The van der Waals surface area contributed by atoms with E-state index in [9.17, 15) is 22.8 Å². The van der Waals surface area contributed by atoms with Crippen LogP contribution < -0.4 is 10.0 Å². The highest BCUT2D eigenvalue weighted by Crippen LogP contribution is 2.21. The average Bonchev–Trinajstić information content (AvgIpc) is 2.73. The zero-order valence-corrected chi connectivity index (χ0v) is 19.9. The van der Waals surface area contributed by atoms with Crippen molar-refractivity contribution in [2.75, 3.05) is 24.8 Å². The number of thioether (sulfide) groups is 1. The lowest BCUT2D eigenvalue weighted by molar-refractivity contribution is -0.157. The maximum Gasteiger partial charge on any atom is 0.335 e. The van der Waals surface area contributed by atoms with Crippen LogP contribution in [0.3, 0.4) is 0 Å². The zero-order valence-electron chi connectivity index (χ0n) is 18.3. The van der Waals surface area contributed by atoms with E-state index in [1.807, 2.05) is 4.72 Å². The lowest BCUT2D eigenvalue weighted by Crippen LogP contribution is -2.35. The Bertz CT molecular complexity index is 1120. The number of hydrogen-bond acceptors (Lipinski definition) is 11. The van der Waals surface area contributed by atoms with Crippen molar-refractivity contribution >= 4 is 45.7 Å². The number of benzene rings is 1. The molecule has 1 aromatic carbocycles. The fraction of sp³-hybridized carbons (Fsp3) is 0.368. The number of nitrogens with one attached hydrogen (secondary N) is 2. The van der Waals surface area contributed by atoms with Crippen LogP contribution in [0.4, 0.5) is 10.7 Å². The molecule has 0 bridgehead atoms. The molecule has 0 atom stereocenters. The molecule has 0 radical (unpaired) electrons. The molecular weight excluding hydrogens is 474 g/mol. The number of carbonyl (C=O) groups excluding carboxylic acids is 3. The minimum atomic E-state index is -4.18. The SMILES string of the molecule is CCOC(=O)C(C(=O)OCC)c1nc(NC(=O)NS(=O)(=O)c2ccccc2C)nc(SC)n1. The summed E-state index contributed by atoms with van der Waals surface area (Å²) < 4.78 is 36.8. The molecule has 0 aliphatic heterocycles. The molecular formula is C19H23N5O7S2. The highest BCUT2D eigenvalue weighted by atomic mass is 32.2. The summed E-state index contributed by atoms with van der Waals surface area (Å²) in [5, 5.41) is 2.26. The van der Waals surface area contributed by atoms with Gasteiger partial charge in [0.05, 0.1) is 18.1 Å². The Hall–Kier alpha value is -3.26. The molecule has 0 unspecified atom stereocenters. The van der Waals surface area contributed by atoms with Crippen LogP contribution in [0.5, 0.6) is 0 Å². The molecule has 0 aliphatic carbocycles. The predicted molar refractivity (Wildman–Crippen MR) is 118 cm³/mol. The van der Waals surface area contributed by atoms with Gasteiger partial charge >= 0.3 is 18.0 Å². The molecule has 33 heavy (non-hydrogen) atoms. The van der Waals surface area contributed by atoms with Gasteiger partial charge in [-0.05, 0) is 38.7 Å². The van der Waals surface area contributed by atoms with Gasteiger partial charge in [0.1, 0.15) is 0 Å².